The lowest BCUT2D eigenvalue weighted by atomic mass is 9.88. The molecule has 1 nitrogen and oxygen atoms in total. The van der Waals surface area contributed by atoms with Crippen molar-refractivity contribution in [1.82, 2.24) is 0 Å². The third kappa shape index (κ3) is 2.99. The summed E-state index contributed by atoms with van der Waals surface area (Å²) in [5.41, 5.74) is 1.22. The SMILES string of the molecule is CC1CC=C(C(=O)Cc2cccc(Cl)c2F)CC1. The van der Waals surface area contributed by atoms with Crippen LogP contribution in [0.5, 0.6) is 0 Å². The van der Waals surface area contributed by atoms with Gasteiger partial charge in [-0.2, -0.15) is 0 Å². The molecule has 0 amide bonds. The van der Waals surface area contributed by atoms with Crippen molar-refractivity contribution >= 4 is 17.4 Å². The number of allylic oxidation sites excluding steroid dienone is 2. The molecule has 1 aromatic carbocycles. The number of halogens is 2. The van der Waals surface area contributed by atoms with Gasteiger partial charge in [-0.25, -0.2) is 4.39 Å². The summed E-state index contributed by atoms with van der Waals surface area (Å²) in [7, 11) is 0. The lowest BCUT2D eigenvalue weighted by Crippen LogP contribution is -2.12. The lowest BCUT2D eigenvalue weighted by molar-refractivity contribution is -0.115. The molecule has 0 saturated carbocycles. The Bertz CT molecular complexity index is 493. The van der Waals surface area contributed by atoms with E-state index >= 15 is 0 Å². The molecule has 2 rings (SSSR count). The molecule has 0 heterocycles. The highest BCUT2D eigenvalue weighted by atomic mass is 35.5. The van der Waals surface area contributed by atoms with Crippen LogP contribution in [0.3, 0.4) is 0 Å². The van der Waals surface area contributed by atoms with Crippen LogP contribution < -0.4 is 0 Å². The summed E-state index contributed by atoms with van der Waals surface area (Å²) >= 11 is 5.70. The smallest absolute Gasteiger partial charge is 0.163 e. The van der Waals surface area contributed by atoms with Crippen LogP contribution in [-0.2, 0) is 11.2 Å². The fourth-order valence-electron chi connectivity index (χ4n) is 2.19. The average Bonchev–Trinajstić information content (AvgIpc) is 2.36. The van der Waals surface area contributed by atoms with Gasteiger partial charge in [0.25, 0.3) is 0 Å². The van der Waals surface area contributed by atoms with Crippen molar-refractivity contribution < 1.29 is 9.18 Å². The molecule has 1 atom stereocenters. The summed E-state index contributed by atoms with van der Waals surface area (Å²) in [5.74, 6) is 0.185. The van der Waals surface area contributed by atoms with Crippen molar-refractivity contribution in [3.05, 3.63) is 46.3 Å². The quantitative estimate of drug-likeness (QED) is 0.795. The highest BCUT2D eigenvalue weighted by molar-refractivity contribution is 6.30. The van der Waals surface area contributed by atoms with Gasteiger partial charge in [-0.1, -0.05) is 36.7 Å². The summed E-state index contributed by atoms with van der Waals surface area (Å²) in [4.78, 5) is 12.1. The highest BCUT2D eigenvalue weighted by Crippen LogP contribution is 2.25. The van der Waals surface area contributed by atoms with Crippen LogP contribution in [0.15, 0.2) is 29.8 Å². The second-order valence-electron chi connectivity index (χ2n) is 4.92. The first-order valence-electron chi connectivity index (χ1n) is 6.23. The summed E-state index contributed by atoms with van der Waals surface area (Å²) in [5, 5.41) is 0.0755. The zero-order chi connectivity index (χ0) is 13.1. The molecule has 96 valence electrons. The molecule has 18 heavy (non-hydrogen) atoms. The molecule has 1 aromatic rings. The Balaban J connectivity index is 2.10. The van der Waals surface area contributed by atoms with Crippen LogP contribution in [0.1, 0.15) is 31.7 Å². The molecule has 0 spiro atoms. The van der Waals surface area contributed by atoms with E-state index in [0.29, 0.717) is 11.5 Å². The maximum atomic E-state index is 13.7. The van der Waals surface area contributed by atoms with Gasteiger partial charge in [0.2, 0.25) is 0 Å². The van der Waals surface area contributed by atoms with Gasteiger partial charge in [-0.3, -0.25) is 4.79 Å². The summed E-state index contributed by atoms with van der Waals surface area (Å²) in [6.07, 6.45) is 4.89. The van der Waals surface area contributed by atoms with E-state index in [-0.39, 0.29) is 17.2 Å². The van der Waals surface area contributed by atoms with E-state index in [1.807, 2.05) is 6.08 Å². The van der Waals surface area contributed by atoms with Crippen LogP contribution in [-0.4, -0.2) is 5.78 Å². The van der Waals surface area contributed by atoms with Crippen LogP contribution in [0, 0.1) is 11.7 Å². The Hall–Kier alpha value is -1.15. The fraction of sp³-hybridized carbons (Fsp3) is 0.400. The molecule has 1 aliphatic rings. The van der Waals surface area contributed by atoms with Gasteiger partial charge < -0.3 is 0 Å². The Morgan fingerprint density at radius 3 is 2.94 bits per heavy atom. The lowest BCUT2D eigenvalue weighted by Gasteiger charge is -2.17. The van der Waals surface area contributed by atoms with Gasteiger partial charge in [0.05, 0.1) is 5.02 Å². The predicted molar refractivity (Wildman–Crippen MR) is 71.2 cm³/mol. The summed E-state index contributed by atoms with van der Waals surface area (Å²) in [6, 6.07) is 4.78. The van der Waals surface area contributed by atoms with Crippen molar-refractivity contribution in [2.75, 3.05) is 0 Å². The standard InChI is InChI=1S/C15H16ClFO/c1-10-5-7-11(8-6-10)14(18)9-12-3-2-4-13(16)15(12)17/h2-4,7,10H,5-6,8-9H2,1H3. The molecule has 1 unspecified atom stereocenters. The minimum atomic E-state index is -0.475. The third-order valence-electron chi connectivity index (χ3n) is 3.41. The second-order valence-corrected chi connectivity index (χ2v) is 5.33. The predicted octanol–water partition coefficient (Wildman–Crippen LogP) is 4.34. The molecular formula is C15H16ClFO. The van der Waals surface area contributed by atoms with Crippen LogP contribution in [0.4, 0.5) is 4.39 Å². The molecular weight excluding hydrogens is 251 g/mol. The number of hydrogen-bond donors (Lipinski definition) is 0. The van der Waals surface area contributed by atoms with E-state index in [1.165, 1.54) is 6.07 Å². The topological polar surface area (TPSA) is 17.1 Å². The number of carbonyl (C=O) groups excluding carboxylic acids is 1. The van der Waals surface area contributed by atoms with Crippen LogP contribution in [0.2, 0.25) is 5.02 Å². The molecule has 1 aliphatic carbocycles. The first kappa shape index (κ1) is 13.3. The van der Waals surface area contributed by atoms with Crippen molar-refractivity contribution in [1.29, 1.82) is 0 Å². The normalized spacial score (nSPS) is 19.5. The van der Waals surface area contributed by atoms with Crippen molar-refractivity contribution in [2.45, 2.75) is 32.6 Å². The molecule has 0 aromatic heterocycles. The fourth-order valence-corrected chi connectivity index (χ4v) is 2.38. The van der Waals surface area contributed by atoms with Crippen molar-refractivity contribution in [3.63, 3.8) is 0 Å². The number of Topliss-reactive ketones (excluding diaryl/α,β-unsaturated/α-hetero) is 1. The van der Waals surface area contributed by atoms with E-state index in [0.717, 1.165) is 24.8 Å². The number of carbonyl (C=O) groups is 1. The monoisotopic (exact) mass is 266 g/mol. The maximum Gasteiger partial charge on any atom is 0.163 e. The third-order valence-corrected chi connectivity index (χ3v) is 3.71. The molecule has 0 aliphatic heterocycles. The van der Waals surface area contributed by atoms with E-state index in [1.54, 1.807) is 12.1 Å². The Morgan fingerprint density at radius 2 is 2.28 bits per heavy atom. The largest absolute Gasteiger partial charge is 0.294 e. The minimum Gasteiger partial charge on any atom is -0.294 e. The molecule has 3 heteroatoms. The molecule has 0 radical (unpaired) electrons. The van der Waals surface area contributed by atoms with Gasteiger partial charge in [-0.05, 0) is 42.4 Å². The summed E-state index contributed by atoms with van der Waals surface area (Å²) < 4.78 is 13.7. The minimum absolute atomic E-state index is 0.0167. The second kappa shape index (κ2) is 5.66. The zero-order valence-corrected chi connectivity index (χ0v) is 11.1. The Morgan fingerprint density at radius 1 is 1.50 bits per heavy atom. The highest BCUT2D eigenvalue weighted by Gasteiger charge is 2.18. The van der Waals surface area contributed by atoms with Gasteiger partial charge in [0.1, 0.15) is 5.82 Å². The molecule has 0 bridgehead atoms. The number of rotatable bonds is 3. The molecule has 0 fully saturated rings. The Kier molecular flexibility index (Phi) is 4.18. The number of benzene rings is 1. The van der Waals surface area contributed by atoms with Crippen LogP contribution in [0.25, 0.3) is 0 Å². The van der Waals surface area contributed by atoms with Crippen molar-refractivity contribution in [3.8, 4) is 0 Å². The van der Waals surface area contributed by atoms with Gasteiger partial charge in [0, 0.05) is 6.42 Å². The first-order valence-corrected chi connectivity index (χ1v) is 6.61. The van der Waals surface area contributed by atoms with E-state index in [4.69, 9.17) is 11.6 Å². The first-order chi connectivity index (χ1) is 8.58. The summed E-state index contributed by atoms with van der Waals surface area (Å²) in [6.45, 7) is 2.17. The maximum absolute atomic E-state index is 13.7. The van der Waals surface area contributed by atoms with Gasteiger partial charge >= 0.3 is 0 Å². The number of ketones is 1. The number of hydrogen-bond acceptors (Lipinski definition) is 1. The van der Waals surface area contributed by atoms with Gasteiger partial charge in [0.15, 0.2) is 5.78 Å². The molecule has 0 N–H and O–H groups in total. The van der Waals surface area contributed by atoms with Gasteiger partial charge in [-0.15, -0.1) is 0 Å². The van der Waals surface area contributed by atoms with Crippen molar-refractivity contribution in [2.24, 2.45) is 5.92 Å². The van der Waals surface area contributed by atoms with E-state index in [9.17, 15) is 9.18 Å². The van der Waals surface area contributed by atoms with Crippen LogP contribution >= 0.6 is 11.6 Å². The average molecular weight is 267 g/mol. The molecule has 0 saturated heterocycles. The van der Waals surface area contributed by atoms with E-state index < -0.39 is 5.82 Å². The Labute approximate surface area is 112 Å². The zero-order valence-electron chi connectivity index (χ0n) is 10.4. The van der Waals surface area contributed by atoms with E-state index in [2.05, 4.69) is 6.92 Å².